The van der Waals surface area contributed by atoms with E-state index in [-0.39, 0.29) is 31.3 Å². The molecule has 2 fully saturated rings. The third kappa shape index (κ3) is 3.98. The molecule has 1 saturated heterocycles. The van der Waals surface area contributed by atoms with Crippen molar-refractivity contribution in [1.29, 1.82) is 0 Å². The molecule has 154 valence electrons. The standard InChI is InChI=1S/C19H28N4O5/c20-16(25)19-9-6-10-23(19)15(24)14(28-18(21)27)8-5-3-1-2-4-7-12-11-13(12)22-17(19)26/h4,7,12-14H,1-3,5-6,8-11H2,(H2,20,25)(H2,21,27)(H,22,26)/b7-4-. The third-order valence-electron chi connectivity index (χ3n) is 5.84. The van der Waals surface area contributed by atoms with Gasteiger partial charge in [-0.3, -0.25) is 14.4 Å². The highest BCUT2D eigenvalue weighted by Crippen LogP contribution is 2.36. The molecule has 0 aromatic carbocycles. The summed E-state index contributed by atoms with van der Waals surface area (Å²) in [4.78, 5) is 51.1. The molecule has 4 unspecified atom stereocenters. The van der Waals surface area contributed by atoms with E-state index in [1.807, 2.05) is 0 Å². The number of primary amides is 2. The minimum Gasteiger partial charge on any atom is -0.436 e. The van der Waals surface area contributed by atoms with Crippen LogP contribution < -0.4 is 16.8 Å². The first-order valence-corrected chi connectivity index (χ1v) is 9.91. The van der Waals surface area contributed by atoms with Crippen LogP contribution in [0.5, 0.6) is 0 Å². The summed E-state index contributed by atoms with van der Waals surface area (Å²) < 4.78 is 5.04. The van der Waals surface area contributed by atoms with Gasteiger partial charge in [-0.05, 0) is 50.9 Å². The monoisotopic (exact) mass is 392 g/mol. The molecule has 0 spiro atoms. The number of nitrogens with zero attached hydrogens (tertiary/aromatic N) is 1. The average Bonchev–Trinajstić information content (AvgIpc) is 3.19. The summed E-state index contributed by atoms with van der Waals surface area (Å²) in [6.07, 6.45) is 7.08. The van der Waals surface area contributed by atoms with E-state index in [1.54, 1.807) is 0 Å². The number of nitrogens with one attached hydrogen (secondary N) is 1. The van der Waals surface area contributed by atoms with Crippen LogP contribution in [0.25, 0.3) is 0 Å². The summed E-state index contributed by atoms with van der Waals surface area (Å²) in [6, 6.07) is -0.0553. The maximum absolute atomic E-state index is 13.1. The van der Waals surface area contributed by atoms with Gasteiger partial charge in [-0.1, -0.05) is 18.6 Å². The van der Waals surface area contributed by atoms with Gasteiger partial charge in [0.2, 0.25) is 5.54 Å². The van der Waals surface area contributed by atoms with E-state index in [0.29, 0.717) is 12.8 Å². The van der Waals surface area contributed by atoms with Crippen LogP contribution in [0, 0.1) is 5.92 Å². The number of allylic oxidation sites excluding steroid dienone is 1. The van der Waals surface area contributed by atoms with E-state index < -0.39 is 35.5 Å². The quantitative estimate of drug-likeness (QED) is 0.458. The third-order valence-corrected chi connectivity index (χ3v) is 5.84. The number of hydrogen-bond acceptors (Lipinski definition) is 5. The number of nitrogens with two attached hydrogens (primary N) is 2. The molecule has 0 radical (unpaired) electrons. The lowest BCUT2D eigenvalue weighted by molar-refractivity contribution is -0.156. The van der Waals surface area contributed by atoms with E-state index in [4.69, 9.17) is 16.2 Å². The predicted octanol–water partition coefficient (Wildman–Crippen LogP) is 0.322. The van der Waals surface area contributed by atoms with Gasteiger partial charge in [0.05, 0.1) is 0 Å². The first-order valence-electron chi connectivity index (χ1n) is 9.91. The fourth-order valence-corrected chi connectivity index (χ4v) is 4.19. The van der Waals surface area contributed by atoms with Crippen molar-refractivity contribution in [2.75, 3.05) is 6.54 Å². The molecular formula is C19H28N4O5. The van der Waals surface area contributed by atoms with E-state index in [0.717, 1.165) is 25.7 Å². The zero-order valence-electron chi connectivity index (χ0n) is 15.9. The Labute approximate surface area is 163 Å². The second-order valence-electron chi connectivity index (χ2n) is 7.79. The smallest absolute Gasteiger partial charge is 0.405 e. The minimum atomic E-state index is -1.76. The number of hydrogen-bond donors (Lipinski definition) is 3. The van der Waals surface area contributed by atoms with Crippen molar-refractivity contribution in [3.63, 3.8) is 0 Å². The van der Waals surface area contributed by atoms with Gasteiger partial charge in [-0.25, -0.2) is 4.79 Å². The van der Waals surface area contributed by atoms with Crippen molar-refractivity contribution < 1.29 is 23.9 Å². The molecule has 0 aromatic rings. The number of rotatable bonds is 2. The molecule has 3 rings (SSSR count). The summed E-state index contributed by atoms with van der Waals surface area (Å²) in [5.41, 5.74) is 9.00. The summed E-state index contributed by atoms with van der Waals surface area (Å²) in [5.74, 6) is -1.77. The van der Waals surface area contributed by atoms with Gasteiger partial charge in [0.1, 0.15) is 0 Å². The Morgan fingerprint density at radius 3 is 2.68 bits per heavy atom. The largest absolute Gasteiger partial charge is 0.436 e. The summed E-state index contributed by atoms with van der Waals surface area (Å²) in [7, 11) is 0. The molecule has 0 aromatic heterocycles. The lowest BCUT2D eigenvalue weighted by atomic mass is 9.93. The Morgan fingerprint density at radius 1 is 1.18 bits per heavy atom. The lowest BCUT2D eigenvalue weighted by Gasteiger charge is -2.36. The molecule has 1 saturated carbocycles. The van der Waals surface area contributed by atoms with Crippen molar-refractivity contribution in [3.8, 4) is 0 Å². The predicted molar refractivity (Wildman–Crippen MR) is 99.6 cm³/mol. The maximum Gasteiger partial charge on any atom is 0.405 e. The molecule has 3 aliphatic rings. The van der Waals surface area contributed by atoms with Crippen LogP contribution in [0.2, 0.25) is 0 Å². The fourth-order valence-electron chi connectivity index (χ4n) is 4.19. The number of carbonyl (C=O) groups excluding carboxylic acids is 4. The Balaban J connectivity index is 1.90. The zero-order valence-corrected chi connectivity index (χ0v) is 15.9. The van der Waals surface area contributed by atoms with Crippen LogP contribution in [0.1, 0.15) is 51.4 Å². The molecule has 2 heterocycles. The molecule has 9 heteroatoms. The van der Waals surface area contributed by atoms with Crippen molar-refractivity contribution in [2.24, 2.45) is 17.4 Å². The van der Waals surface area contributed by atoms with Gasteiger partial charge < -0.3 is 26.4 Å². The average molecular weight is 392 g/mol. The van der Waals surface area contributed by atoms with Gasteiger partial charge >= 0.3 is 6.09 Å². The van der Waals surface area contributed by atoms with Crippen LogP contribution in [0.15, 0.2) is 12.2 Å². The van der Waals surface area contributed by atoms with Crippen LogP contribution in [-0.4, -0.2) is 52.9 Å². The van der Waals surface area contributed by atoms with Crippen LogP contribution in [0.3, 0.4) is 0 Å². The number of amides is 4. The normalized spacial score (nSPS) is 34.9. The molecule has 9 nitrogen and oxygen atoms in total. The second kappa shape index (κ2) is 8.20. The highest BCUT2D eigenvalue weighted by molar-refractivity contribution is 6.12. The van der Waals surface area contributed by atoms with Crippen molar-refractivity contribution in [1.82, 2.24) is 10.2 Å². The summed E-state index contributed by atoms with van der Waals surface area (Å²) in [6.45, 7) is 0.196. The van der Waals surface area contributed by atoms with Crippen LogP contribution in [0.4, 0.5) is 4.79 Å². The summed E-state index contributed by atoms with van der Waals surface area (Å²) >= 11 is 0. The number of fused-ring (bicyclic) bond motifs is 2. The molecule has 0 bridgehead atoms. The van der Waals surface area contributed by atoms with Gasteiger partial charge in [0.25, 0.3) is 17.7 Å². The summed E-state index contributed by atoms with van der Waals surface area (Å²) in [5, 5.41) is 2.88. The van der Waals surface area contributed by atoms with Gasteiger partial charge in [-0.15, -0.1) is 0 Å². The van der Waals surface area contributed by atoms with Crippen LogP contribution >= 0.6 is 0 Å². The second-order valence-corrected chi connectivity index (χ2v) is 7.79. The Kier molecular flexibility index (Phi) is 5.90. The Hall–Kier alpha value is -2.58. The highest BCUT2D eigenvalue weighted by Gasteiger charge is 2.57. The Morgan fingerprint density at radius 2 is 1.96 bits per heavy atom. The molecule has 28 heavy (non-hydrogen) atoms. The first-order chi connectivity index (χ1) is 13.4. The van der Waals surface area contributed by atoms with Crippen molar-refractivity contribution in [3.05, 3.63) is 12.2 Å². The van der Waals surface area contributed by atoms with Gasteiger partial charge in [-0.2, -0.15) is 0 Å². The van der Waals surface area contributed by atoms with E-state index >= 15 is 0 Å². The van der Waals surface area contributed by atoms with E-state index in [2.05, 4.69) is 17.5 Å². The molecular weight excluding hydrogens is 364 g/mol. The van der Waals surface area contributed by atoms with E-state index in [9.17, 15) is 19.2 Å². The van der Waals surface area contributed by atoms with Crippen molar-refractivity contribution >= 4 is 23.8 Å². The minimum absolute atomic E-state index is 0.0553. The van der Waals surface area contributed by atoms with E-state index in [1.165, 1.54) is 4.90 Å². The maximum atomic E-state index is 13.1. The van der Waals surface area contributed by atoms with Gasteiger partial charge in [0, 0.05) is 12.6 Å². The van der Waals surface area contributed by atoms with Crippen LogP contribution in [-0.2, 0) is 19.1 Å². The molecule has 4 amide bonds. The fraction of sp³-hybridized carbons (Fsp3) is 0.684. The highest BCUT2D eigenvalue weighted by atomic mass is 16.6. The molecule has 1 aliphatic carbocycles. The lowest BCUT2D eigenvalue weighted by Crippen LogP contribution is -2.66. The number of carbonyl (C=O) groups is 4. The SMILES string of the molecule is NC(=O)OC1CCCCC/C=C\C2CC2NC(=O)C2(C(N)=O)CCCN2C1=O. The van der Waals surface area contributed by atoms with Crippen molar-refractivity contribution in [2.45, 2.75) is 69.1 Å². The van der Waals surface area contributed by atoms with Gasteiger partial charge in [0.15, 0.2) is 6.10 Å². The first kappa shape index (κ1) is 20.2. The zero-order chi connectivity index (χ0) is 20.3. The molecule has 2 aliphatic heterocycles. The Bertz CT molecular complexity index is 694. The number of ether oxygens (including phenoxy) is 1. The molecule has 5 N–H and O–H groups in total. The topological polar surface area (TPSA) is 145 Å². The molecule has 4 atom stereocenters.